The summed E-state index contributed by atoms with van der Waals surface area (Å²) in [4.78, 5) is 2.27. The van der Waals surface area contributed by atoms with Gasteiger partial charge < -0.3 is 10.2 Å². The van der Waals surface area contributed by atoms with E-state index in [4.69, 9.17) is 0 Å². The fourth-order valence-electron chi connectivity index (χ4n) is 2.03. The van der Waals surface area contributed by atoms with Crippen LogP contribution in [-0.4, -0.2) is 49.5 Å². The van der Waals surface area contributed by atoms with Crippen molar-refractivity contribution in [2.75, 3.05) is 26.2 Å². The molecule has 17 heavy (non-hydrogen) atoms. The van der Waals surface area contributed by atoms with Crippen molar-refractivity contribution in [1.29, 1.82) is 0 Å². The summed E-state index contributed by atoms with van der Waals surface area (Å²) in [6.07, 6.45) is -1.02. The summed E-state index contributed by atoms with van der Waals surface area (Å²) < 4.78 is 49.2. The number of piperidine rings is 1. The molecule has 0 aliphatic carbocycles. The maximum atomic E-state index is 12.7. The molecule has 0 unspecified atom stereocenters. The molecule has 0 amide bonds. The Labute approximate surface area is 99.4 Å². The first-order valence-corrected chi connectivity index (χ1v) is 6.07. The number of hydrogen-bond donors (Lipinski definition) is 1. The molecule has 1 aliphatic rings. The molecule has 0 spiro atoms. The van der Waals surface area contributed by atoms with E-state index in [-0.39, 0.29) is 6.04 Å². The number of halogens is 4. The van der Waals surface area contributed by atoms with E-state index in [0.717, 1.165) is 38.9 Å². The highest BCUT2D eigenvalue weighted by Crippen LogP contribution is 2.22. The van der Waals surface area contributed by atoms with E-state index in [9.17, 15) is 17.6 Å². The molecule has 0 aromatic carbocycles. The average molecular weight is 256 g/mol. The predicted molar refractivity (Wildman–Crippen MR) is 58.7 cm³/mol. The van der Waals surface area contributed by atoms with Crippen molar-refractivity contribution in [2.24, 2.45) is 0 Å². The van der Waals surface area contributed by atoms with Crippen LogP contribution in [0.25, 0.3) is 0 Å². The largest absolute Gasteiger partial charge is 0.319 e. The second-order valence-electron chi connectivity index (χ2n) is 4.56. The molecule has 1 fully saturated rings. The Bertz CT molecular complexity index is 216. The topological polar surface area (TPSA) is 15.3 Å². The van der Waals surface area contributed by atoms with E-state index in [0.29, 0.717) is 0 Å². The number of hydrogen-bond acceptors (Lipinski definition) is 2. The zero-order valence-corrected chi connectivity index (χ0v) is 10.1. The van der Waals surface area contributed by atoms with Crippen LogP contribution in [-0.2, 0) is 0 Å². The first-order chi connectivity index (χ1) is 7.95. The standard InChI is InChI=1S/C11H20F4N2/c1-2-5-17-6-3-9(4-7-17)16-8-11(14,15)10(12)13/h9-10,16H,2-8H2,1H3. The quantitative estimate of drug-likeness (QED) is 0.734. The average Bonchev–Trinajstić information content (AvgIpc) is 2.28. The van der Waals surface area contributed by atoms with Crippen LogP contribution < -0.4 is 5.32 Å². The molecule has 0 aromatic rings. The van der Waals surface area contributed by atoms with E-state index < -0.39 is 18.9 Å². The van der Waals surface area contributed by atoms with Crippen molar-refractivity contribution in [3.8, 4) is 0 Å². The fourth-order valence-corrected chi connectivity index (χ4v) is 2.03. The zero-order chi connectivity index (χ0) is 12.9. The van der Waals surface area contributed by atoms with E-state index in [1.807, 2.05) is 0 Å². The molecule has 1 rings (SSSR count). The summed E-state index contributed by atoms with van der Waals surface area (Å²) in [6.45, 7) is 3.88. The Hall–Kier alpha value is -0.360. The number of nitrogens with zero attached hydrogens (tertiary/aromatic N) is 1. The molecule has 1 aliphatic heterocycles. The Morgan fingerprint density at radius 3 is 2.35 bits per heavy atom. The maximum Gasteiger partial charge on any atom is 0.319 e. The SMILES string of the molecule is CCCN1CCC(NCC(F)(F)C(F)F)CC1. The molecule has 0 atom stereocenters. The van der Waals surface area contributed by atoms with Gasteiger partial charge >= 0.3 is 12.3 Å². The minimum atomic E-state index is -3.92. The first kappa shape index (κ1) is 14.7. The van der Waals surface area contributed by atoms with Crippen LogP contribution in [0, 0.1) is 0 Å². The van der Waals surface area contributed by atoms with Crippen molar-refractivity contribution >= 4 is 0 Å². The summed E-state index contributed by atoms with van der Waals surface area (Å²) >= 11 is 0. The lowest BCUT2D eigenvalue weighted by atomic mass is 10.0. The molecular weight excluding hydrogens is 236 g/mol. The molecule has 0 bridgehead atoms. The Kier molecular flexibility index (Phi) is 5.66. The Balaban J connectivity index is 2.22. The molecule has 1 saturated heterocycles. The lowest BCUT2D eigenvalue weighted by Crippen LogP contribution is -2.47. The monoisotopic (exact) mass is 256 g/mol. The number of nitrogens with one attached hydrogen (secondary N) is 1. The minimum absolute atomic E-state index is 0.0623. The van der Waals surface area contributed by atoms with Crippen molar-refractivity contribution in [3.05, 3.63) is 0 Å². The molecule has 2 nitrogen and oxygen atoms in total. The third-order valence-electron chi connectivity index (χ3n) is 3.07. The Morgan fingerprint density at radius 2 is 1.88 bits per heavy atom. The molecule has 102 valence electrons. The van der Waals surface area contributed by atoms with Gasteiger partial charge in [0.05, 0.1) is 6.54 Å². The second-order valence-corrected chi connectivity index (χ2v) is 4.56. The van der Waals surface area contributed by atoms with Gasteiger partial charge in [0.15, 0.2) is 0 Å². The van der Waals surface area contributed by atoms with Crippen molar-refractivity contribution in [3.63, 3.8) is 0 Å². The Morgan fingerprint density at radius 1 is 1.29 bits per heavy atom. The molecule has 1 heterocycles. The summed E-state index contributed by atoms with van der Waals surface area (Å²) in [5.74, 6) is -3.92. The van der Waals surface area contributed by atoms with Crippen LogP contribution in [0.3, 0.4) is 0 Å². The summed E-state index contributed by atoms with van der Waals surface area (Å²) in [7, 11) is 0. The molecule has 0 saturated carbocycles. The van der Waals surface area contributed by atoms with Crippen molar-refractivity contribution < 1.29 is 17.6 Å². The molecular formula is C11H20F4N2. The van der Waals surface area contributed by atoms with Gasteiger partial charge in [-0.1, -0.05) is 6.92 Å². The van der Waals surface area contributed by atoms with Gasteiger partial charge in [0.1, 0.15) is 0 Å². The predicted octanol–water partition coefficient (Wildman–Crippen LogP) is 2.35. The molecule has 6 heteroatoms. The van der Waals surface area contributed by atoms with Crippen LogP contribution in [0.5, 0.6) is 0 Å². The van der Waals surface area contributed by atoms with Crippen LogP contribution in [0.1, 0.15) is 26.2 Å². The normalized spacial score (nSPS) is 20.1. The number of likely N-dealkylation sites (tertiary alicyclic amines) is 1. The molecule has 0 radical (unpaired) electrons. The van der Waals surface area contributed by atoms with Crippen LogP contribution in [0.15, 0.2) is 0 Å². The smallest absolute Gasteiger partial charge is 0.308 e. The summed E-state index contributed by atoms with van der Waals surface area (Å²) in [6, 6.07) is -0.0623. The molecule has 0 aromatic heterocycles. The van der Waals surface area contributed by atoms with Crippen LogP contribution >= 0.6 is 0 Å². The lowest BCUT2D eigenvalue weighted by Gasteiger charge is -2.32. The summed E-state index contributed by atoms with van der Waals surface area (Å²) in [5.41, 5.74) is 0. The minimum Gasteiger partial charge on any atom is -0.308 e. The third kappa shape index (κ3) is 4.79. The highest BCUT2D eigenvalue weighted by molar-refractivity contribution is 4.80. The van der Waals surface area contributed by atoms with Crippen LogP contribution in [0.2, 0.25) is 0 Å². The van der Waals surface area contributed by atoms with Gasteiger partial charge in [-0.15, -0.1) is 0 Å². The van der Waals surface area contributed by atoms with Gasteiger partial charge in [0.2, 0.25) is 0 Å². The third-order valence-corrected chi connectivity index (χ3v) is 3.07. The fraction of sp³-hybridized carbons (Fsp3) is 1.00. The number of alkyl halides is 4. The lowest BCUT2D eigenvalue weighted by molar-refractivity contribution is -0.126. The maximum absolute atomic E-state index is 12.7. The highest BCUT2D eigenvalue weighted by Gasteiger charge is 2.40. The first-order valence-electron chi connectivity index (χ1n) is 6.07. The molecule has 1 N–H and O–H groups in total. The summed E-state index contributed by atoms with van der Waals surface area (Å²) in [5, 5.41) is 2.55. The second kappa shape index (κ2) is 6.54. The number of rotatable bonds is 6. The van der Waals surface area contributed by atoms with E-state index in [2.05, 4.69) is 17.1 Å². The van der Waals surface area contributed by atoms with E-state index in [1.165, 1.54) is 0 Å². The van der Waals surface area contributed by atoms with Crippen molar-refractivity contribution in [1.82, 2.24) is 10.2 Å². The van der Waals surface area contributed by atoms with Gasteiger partial charge in [-0.05, 0) is 38.9 Å². The van der Waals surface area contributed by atoms with Crippen LogP contribution in [0.4, 0.5) is 17.6 Å². The van der Waals surface area contributed by atoms with Gasteiger partial charge in [-0.3, -0.25) is 0 Å². The van der Waals surface area contributed by atoms with Gasteiger partial charge in [0.25, 0.3) is 0 Å². The zero-order valence-electron chi connectivity index (χ0n) is 10.1. The van der Waals surface area contributed by atoms with Gasteiger partial charge in [-0.25, -0.2) is 8.78 Å². The van der Waals surface area contributed by atoms with E-state index in [1.54, 1.807) is 0 Å². The van der Waals surface area contributed by atoms with E-state index >= 15 is 0 Å². The van der Waals surface area contributed by atoms with Gasteiger partial charge in [0, 0.05) is 6.04 Å². The highest BCUT2D eigenvalue weighted by atomic mass is 19.3. The van der Waals surface area contributed by atoms with Gasteiger partial charge in [-0.2, -0.15) is 8.78 Å². The van der Waals surface area contributed by atoms with Crippen molar-refractivity contribution in [2.45, 2.75) is 44.6 Å².